The van der Waals surface area contributed by atoms with Crippen LogP contribution in [0.15, 0.2) is 28.5 Å². The Morgan fingerprint density at radius 3 is 3.05 bits per heavy atom. The number of nitrogens with two attached hydrogens (primary N) is 1. The van der Waals surface area contributed by atoms with Crippen molar-refractivity contribution in [2.75, 3.05) is 11.1 Å². The number of thiazole rings is 1. The second-order valence-corrected chi connectivity index (χ2v) is 6.02. The Bertz CT molecular complexity index is 580. The zero-order chi connectivity index (χ0) is 13.8. The quantitative estimate of drug-likeness (QED) is 0.668. The van der Waals surface area contributed by atoms with Gasteiger partial charge in [-0.2, -0.15) is 0 Å². The third kappa shape index (κ3) is 3.86. The molecular weight excluding hydrogens is 302 g/mol. The second-order valence-electron chi connectivity index (χ2n) is 3.77. The molecule has 0 atom stereocenters. The van der Waals surface area contributed by atoms with Gasteiger partial charge in [0.05, 0.1) is 10.7 Å². The minimum absolute atomic E-state index is 0.121. The van der Waals surface area contributed by atoms with E-state index in [1.807, 2.05) is 23.6 Å². The molecule has 0 aliphatic heterocycles. The number of thioether (sulfide) groups is 1. The molecule has 0 saturated heterocycles. The van der Waals surface area contributed by atoms with E-state index >= 15 is 0 Å². The van der Waals surface area contributed by atoms with Gasteiger partial charge >= 0.3 is 0 Å². The van der Waals surface area contributed by atoms with Crippen LogP contribution in [0.5, 0.6) is 0 Å². The maximum Gasteiger partial charge on any atom is 0.223 e. The minimum atomic E-state index is -0.121. The normalized spacial score (nSPS) is 10.4. The lowest BCUT2D eigenvalue weighted by atomic mass is 10.3. The summed E-state index contributed by atoms with van der Waals surface area (Å²) in [6, 6.07) is 5.45. The van der Waals surface area contributed by atoms with E-state index in [1.54, 1.807) is 0 Å². The number of hydrogen-bond acceptors (Lipinski definition) is 5. The third-order valence-corrected chi connectivity index (χ3v) is 4.61. The van der Waals surface area contributed by atoms with Crippen molar-refractivity contribution >= 4 is 51.4 Å². The Labute approximate surface area is 124 Å². The molecule has 1 amide bonds. The number of carbonyl (C=O) groups is 1. The van der Waals surface area contributed by atoms with Gasteiger partial charge in [0.25, 0.3) is 0 Å². The maximum absolute atomic E-state index is 10.9. The van der Waals surface area contributed by atoms with E-state index in [2.05, 4.69) is 10.3 Å². The molecule has 0 aliphatic carbocycles. The number of carbonyl (C=O) groups excluding carboxylic acids is 1. The van der Waals surface area contributed by atoms with Crippen LogP contribution in [0.1, 0.15) is 12.6 Å². The number of nitrogen functional groups attached to an aromatic ring is 1. The van der Waals surface area contributed by atoms with Gasteiger partial charge in [-0.25, -0.2) is 4.98 Å². The van der Waals surface area contributed by atoms with Gasteiger partial charge in [0.1, 0.15) is 0 Å². The van der Waals surface area contributed by atoms with Gasteiger partial charge in [0.15, 0.2) is 5.13 Å². The van der Waals surface area contributed by atoms with Gasteiger partial charge in [-0.3, -0.25) is 4.79 Å². The van der Waals surface area contributed by atoms with Gasteiger partial charge < -0.3 is 11.1 Å². The van der Waals surface area contributed by atoms with Crippen molar-refractivity contribution in [3.05, 3.63) is 34.3 Å². The molecule has 0 aliphatic rings. The van der Waals surface area contributed by atoms with Gasteiger partial charge in [-0.15, -0.1) is 23.1 Å². The highest BCUT2D eigenvalue weighted by atomic mass is 35.5. The Balaban J connectivity index is 2.02. The monoisotopic (exact) mass is 313 g/mol. The van der Waals surface area contributed by atoms with Crippen LogP contribution in [0, 0.1) is 0 Å². The number of anilines is 2. The molecule has 0 saturated carbocycles. The van der Waals surface area contributed by atoms with Gasteiger partial charge in [-0.1, -0.05) is 17.7 Å². The lowest BCUT2D eigenvalue weighted by Crippen LogP contribution is -2.05. The first kappa shape index (κ1) is 14.2. The number of aromatic nitrogens is 1. The number of nitrogens with one attached hydrogen (secondary N) is 1. The second kappa shape index (κ2) is 6.27. The first-order valence-electron chi connectivity index (χ1n) is 5.45. The van der Waals surface area contributed by atoms with Crippen molar-refractivity contribution in [1.29, 1.82) is 0 Å². The fraction of sp³-hybridized carbons (Fsp3) is 0.167. The summed E-state index contributed by atoms with van der Waals surface area (Å²) in [6.45, 7) is 1.46. The average Bonchev–Trinajstić information content (AvgIpc) is 2.75. The molecule has 3 N–H and O–H groups in total. The van der Waals surface area contributed by atoms with E-state index in [1.165, 1.54) is 30.0 Å². The van der Waals surface area contributed by atoms with E-state index in [9.17, 15) is 4.79 Å². The first-order valence-corrected chi connectivity index (χ1v) is 7.69. The molecule has 0 bridgehead atoms. The van der Waals surface area contributed by atoms with Crippen molar-refractivity contribution in [2.24, 2.45) is 0 Å². The Morgan fingerprint density at radius 1 is 1.58 bits per heavy atom. The van der Waals surface area contributed by atoms with Gasteiger partial charge in [0.2, 0.25) is 5.91 Å². The number of hydrogen-bond donors (Lipinski definition) is 2. The summed E-state index contributed by atoms with van der Waals surface area (Å²) in [7, 11) is 0. The summed E-state index contributed by atoms with van der Waals surface area (Å²) in [5, 5.41) is 5.81. The van der Waals surface area contributed by atoms with Crippen LogP contribution in [0.3, 0.4) is 0 Å². The SMILES string of the molecule is CC(=O)Nc1nc(CSc2c(N)cccc2Cl)cs1. The average molecular weight is 314 g/mol. The van der Waals surface area contributed by atoms with E-state index in [0.717, 1.165) is 10.6 Å². The maximum atomic E-state index is 10.9. The van der Waals surface area contributed by atoms with Crippen LogP contribution in [0.25, 0.3) is 0 Å². The van der Waals surface area contributed by atoms with E-state index in [-0.39, 0.29) is 5.91 Å². The first-order chi connectivity index (χ1) is 9.06. The molecule has 7 heteroatoms. The Hall–Kier alpha value is -1.24. The smallest absolute Gasteiger partial charge is 0.223 e. The van der Waals surface area contributed by atoms with Crippen molar-refractivity contribution in [3.8, 4) is 0 Å². The molecule has 0 fully saturated rings. The molecule has 2 rings (SSSR count). The van der Waals surface area contributed by atoms with Crippen LogP contribution in [-0.2, 0) is 10.5 Å². The van der Waals surface area contributed by atoms with E-state index < -0.39 is 0 Å². The summed E-state index contributed by atoms with van der Waals surface area (Å²) in [5.74, 6) is 0.535. The fourth-order valence-electron chi connectivity index (χ4n) is 1.41. The molecule has 0 unspecified atom stereocenters. The van der Waals surface area contributed by atoms with Crippen LogP contribution < -0.4 is 11.1 Å². The molecule has 19 heavy (non-hydrogen) atoms. The van der Waals surface area contributed by atoms with E-state index in [4.69, 9.17) is 17.3 Å². The number of benzene rings is 1. The van der Waals surface area contributed by atoms with Gasteiger partial charge in [-0.05, 0) is 12.1 Å². The summed E-state index contributed by atoms with van der Waals surface area (Å²) in [5.41, 5.74) is 7.43. The van der Waals surface area contributed by atoms with E-state index in [0.29, 0.717) is 21.6 Å². The lowest BCUT2D eigenvalue weighted by Gasteiger charge is -2.05. The third-order valence-electron chi connectivity index (χ3n) is 2.20. The highest BCUT2D eigenvalue weighted by molar-refractivity contribution is 7.98. The molecule has 4 nitrogen and oxygen atoms in total. The topological polar surface area (TPSA) is 68.0 Å². The van der Waals surface area contributed by atoms with Crippen molar-refractivity contribution in [1.82, 2.24) is 4.98 Å². The molecule has 1 heterocycles. The molecule has 0 spiro atoms. The molecule has 1 aromatic carbocycles. The summed E-state index contributed by atoms with van der Waals surface area (Å²) < 4.78 is 0. The van der Waals surface area contributed by atoms with Crippen LogP contribution in [-0.4, -0.2) is 10.9 Å². The number of nitrogens with zero attached hydrogens (tertiary/aromatic N) is 1. The summed E-state index contributed by atoms with van der Waals surface area (Å²) >= 11 is 9.03. The highest BCUT2D eigenvalue weighted by Gasteiger charge is 2.08. The van der Waals surface area contributed by atoms with Crippen molar-refractivity contribution in [3.63, 3.8) is 0 Å². The Morgan fingerprint density at radius 2 is 2.37 bits per heavy atom. The standard InChI is InChI=1S/C12H12ClN3OS2/c1-7(17)15-12-16-8(6-19-12)5-18-11-9(13)3-2-4-10(11)14/h2-4,6H,5,14H2,1H3,(H,15,16,17). The minimum Gasteiger partial charge on any atom is -0.398 e. The van der Waals surface area contributed by atoms with Crippen molar-refractivity contribution in [2.45, 2.75) is 17.6 Å². The molecule has 1 aromatic heterocycles. The van der Waals surface area contributed by atoms with Crippen molar-refractivity contribution < 1.29 is 4.79 Å². The molecule has 0 radical (unpaired) electrons. The largest absolute Gasteiger partial charge is 0.398 e. The molecular formula is C12H12ClN3OS2. The van der Waals surface area contributed by atoms with Crippen LogP contribution >= 0.6 is 34.7 Å². The summed E-state index contributed by atoms with van der Waals surface area (Å²) in [6.07, 6.45) is 0. The predicted octanol–water partition coefficient (Wildman–Crippen LogP) is 3.63. The lowest BCUT2D eigenvalue weighted by molar-refractivity contribution is -0.114. The number of halogens is 1. The number of amides is 1. The van der Waals surface area contributed by atoms with Crippen LogP contribution in [0.2, 0.25) is 5.02 Å². The summed E-state index contributed by atoms with van der Waals surface area (Å²) in [4.78, 5) is 16.1. The number of rotatable bonds is 4. The van der Waals surface area contributed by atoms with Gasteiger partial charge in [0, 0.05) is 28.6 Å². The predicted molar refractivity (Wildman–Crippen MR) is 81.8 cm³/mol. The zero-order valence-corrected chi connectivity index (χ0v) is 12.5. The zero-order valence-electron chi connectivity index (χ0n) is 10.1. The van der Waals surface area contributed by atoms with Crippen LogP contribution in [0.4, 0.5) is 10.8 Å². The highest BCUT2D eigenvalue weighted by Crippen LogP contribution is 2.34. The Kier molecular flexibility index (Phi) is 4.68. The molecule has 2 aromatic rings. The fourth-order valence-corrected chi connectivity index (χ4v) is 3.49. The molecule has 100 valence electrons.